The van der Waals surface area contributed by atoms with Crippen molar-refractivity contribution in [3.63, 3.8) is 0 Å². The number of carbonyl (C=O) groups is 2. The van der Waals surface area contributed by atoms with E-state index in [0.29, 0.717) is 12.1 Å². The van der Waals surface area contributed by atoms with Crippen LogP contribution >= 0.6 is 0 Å². The van der Waals surface area contributed by atoms with Gasteiger partial charge in [-0.1, -0.05) is 12.1 Å². The molecule has 0 aromatic heterocycles. The van der Waals surface area contributed by atoms with Crippen molar-refractivity contribution in [1.82, 2.24) is 10.6 Å². The standard InChI is InChI=1S/C13H14F4N2O3/c14-11(12(22)19-7-10(21)18-5-6-20)8-1-3-9(4-2-8)13(15,16)17/h1-4,11,20H,5-7H2,(H,18,21)(H,19,22)/t11-/m1/s1. The molecule has 1 aromatic carbocycles. The molecule has 0 spiro atoms. The number of amides is 2. The van der Waals surface area contributed by atoms with Crippen molar-refractivity contribution < 1.29 is 32.3 Å². The van der Waals surface area contributed by atoms with E-state index in [4.69, 9.17) is 5.11 Å². The molecule has 1 rings (SSSR count). The van der Waals surface area contributed by atoms with E-state index >= 15 is 0 Å². The minimum Gasteiger partial charge on any atom is -0.395 e. The summed E-state index contributed by atoms with van der Waals surface area (Å²) in [7, 11) is 0. The molecule has 0 aliphatic heterocycles. The van der Waals surface area contributed by atoms with Crippen LogP contribution in [0, 0.1) is 0 Å². The van der Waals surface area contributed by atoms with Gasteiger partial charge in [0.05, 0.1) is 18.7 Å². The van der Waals surface area contributed by atoms with Crippen LogP contribution in [0.3, 0.4) is 0 Å². The van der Waals surface area contributed by atoms with Gasteiger partial charge in [0, 0.05) is 6.54 Å². The van der Waals surface area contributed by atoms with E-state index in [1.807, 2.05) is 5.32 Å². The number of aliphatic hydroxyl groups excluding tert-OH is 1. The van der Waals surface area contributed by atoms with Crippen molar-refractivity contribution in [1.29, 1.82) is 0 Å². The number of benzene rings is 1. The summed E-state index contributed by atoms with van der Waals surface area (Å²) >= 11 is 0. The van der Waals surface area contributed by atoms with Crippen LogP contribution in [-0.4, -0.2) is 36.6 Å². The van der Waals surface area contributed by atoms with Crippen molar-refractivity contribution in [2.75, 3.05) is 19.7 Å². The smallest absolute Gasteiger partial charge is 0.395 e. The van der Waals surface area contributed by atoms with E-state index in [9.17, 15) is 27.2 Å². The van der Waals surface area contributed by atoms with Gasteiger partial charge in [-0.15, -0.1) is 0 Å². The average Bonchev–Trinajstić information content (AvgIpc) is 2.49. The highest BCUT2D eigenvalue weighted by atomic mass is 19.4. The van der Waals surface area contributed by atoms with Gasteiger partial charge in [-0.3, -0.25) is 9.59 Å². The number of alkyl halides is 4. The molecule has 0 heterocycles. The van der Waals surface area contributed by atoms with E-state index in [1.54, 1.807) is 0 Å². The third kappa shape index (κ3) is 5.32. The molecule has 0 saturated heterocycles. The Balaban J connectivity index is 2.58. The van der Waals surface area contributed by atoms with Crippen molar-refractivity contribution in [2.24, 2.45) is 0 Å². The summed E-state index contributed by atoms with van der Waals surface area (Å²) in [6, 6.07) is 3.06. The van der Waals surface area contributed by atoms with Crippen molar-refractivity contribution in [3.05, 3.63) is 35.4 Å². The molecule has 0 saturated carbocycles. The minimum absolute atomic E-state index is 0.00728. The Morgan fingerprint density at radius 2 is 1.73 bits per heavy atom. The molecule has 122 valence electrons. The number of nitrogens with one attached hydrogen (secondary N) is 2. The van der Waals surface area contributed by atoms with Gasteiger partial charge in [-0.25, -0.2) is 4.39 Å². The maximum Gasteiger partial charge on any atom is 0.416 e. The summed E-state index contributed by atoms with van der Waals surface area (Å²) in [4.78, 5) is 22.6. The van der Waals surface area contributed by atoms with Gasteiger partial charge in [-0.05, 0) is 17.7 Å². The van der Waals surface area contributed by atoms with Crippen LogP contribution in [0.4, 0.5) is 17.6 Å². The minimum atomic E-state index is -4.54. The van der Waals surface area contributed by atoms with Crippen LogP contribution in [0.15, 0.2) is 24.3 Å². The Kier molecular flexibility index (Phi) is 6.29. The molecule has 0 radical (unpaired) electrons. The number of aliphatic hydroxyl groups is 1. The fraction of sp³-hybridized carbons (Fsp3) is 0.385. The SMILES string of the molecule is O=C(CNC(=O)[C@H](F)c1ccc(C(F)(F)F)cc1)NCCO. The molecule has 2 amide bonds. The van der Waals surface area contributed by atoms with Crippen LogP contribution in [0.1, 0.15) is 17.3 Å². The molecule has 1 aromatic rings. The highest BCUT2D eigenvalue weighted by Crippen LogP contribution is 2.30. The lowest BCUT2D eigenvalue weighted by molar-refractivity contribution is -0.137. The second kappa shape index (κ2) is 7.74. The number of rotatable bonds is 6. The summed E-state index contributed by atoms with van der Waals surface area (Å²) in [5, 5.41) is 12.7. The first-order chi connectivity index (χ1) is 10.3. The van der Waals surface area contributed by atoms with Crippen LogP contribution in [0.25, 0.3) is 0 Å². The fourth-order valence-electron chi connectivity index (χ4n) is 1.51. The second-order valence-electron chi connectivity index (χ2n) is 4.27. The van der Waals surface area contributed by atoms with E-state index < -0.39 is 36.3 Å². The monoisotopic (exact) mass is 322 g/mol. The molecule has 3 N–H and O–H groups in total. The van der Waals surface area contributed by atoms with Crippen molar-refractivity contribution in [2.45, 2.75) is 12.3 Å². The average molecular weight is 322 g/mol. The maximum absolute atomic E-state index is 13.8. The molecular formula is C13H14F4N2O3. The lowest BCUT2D eigenvalue weighted by Crippen LogP contribution is -2.39. The van der Waals surface area contributed by atoms with Gasteiger partial charge in [0.1, 0.15) is 0 Å². The number of hydrogen-bond acceptors (Lipinski definition) is 3. The predicted molar refractivity (Wildman–Crippen MR) is 68.4 cm³/mol. The highest BCUT2D eigenvalue weighted by Gasteiger charge is 2.30. The fourth-order valence-corrected chi connectivity index (χ4v) is 1.51. The predicted octanol–water partition coefficient (Wildman–Crippen LogP) is 0.941. The van der Waals surface area contributed by atoms with Crippen LogP contribution < -0.4 is 10.6 Å². The van der Waals surface area contributed by atoms with Gasteiger partial charge in [0.15, 0.2) is 0 Å². The maximum atomic E-state index is 13.8. The van der Waals surface area contributed by atoms with Gasteiger partial charge >= 0.3 is 6.18 Å². The first-order valence-electron chi connectivity index (χ1n) is 6.22. The summed E-state index contributed by atoms with van der Waals surface area (Å²) in [5.74, 6) is -1.76. The summed E-state index contributed by atoms with van der Waals surface area (Å²) in [6.45, 7) is -0.788. The molecule has 0 bridgehead atoms. The zero-order valence-corrected chi connectivity index (χ0v) is 11.3. The number of halogens is 4. The lowest BCUT2D eigenvalue weighted by Gasteiger charge is -2.11. The van der Waals surface area contributed by atoms with Gasteiger partial charge in [-0.2, -0.15) is 13.2 Å². The quantitative estimate of drug-likeness (QED) is 0.682. The molecule has 0 unspecified atom stereocenters. The van der Waals surface area contributed by atoms with E-state index in [1.165, 1.54) is 0 Å². The second-order valence-corrected chi connectivity index (χ2v) is 4.27. The number of hydrogen-bond donors (Lipinski definition) is 3. The van der Waals surface area contributed by atoms with Crippen molar-refractivity contribution in [3.8, 4) is 0 Å². The molecule has 22 heavy (non-hydrogen) atoms. The highest BCUT2D eigenvalue weighted by molar-refractivity contribution is 5.87. The Hall–Kier alpha value is -2.16. The molecule has 5 nitrogen and oxygen atoms in total. The Morgan fingerprint density at radius 1 is 1.14 bits per heavy atom. The summed E-state index contributed by atoms with van der Waals surface area (Å²) in [6.07, 6.45) is -6.73. The van der Waals surface area contributed by atoms with E-state index in [2.05, 4.69) is 5.32 Å². The van der Waals surface area contributed by atoms with E-state index in [0.717, 1.165) is 12.1 Å². The zero-order chi connectivity index (χ0) is 16.8. The largest absolute Gasteiger partial charge is 0.416 e. The molecule has 0 aliphatic rings. The van der Waals surface area contributed by atoms with Gasteiger partial charge in [0.2, 0.25) is 12.1 Å². The topological polar surface area (TPSA) is 78.4 Å². The molecular weight excluding hydrogens is 308 g/mol. The first-order valence-corrected chi connectivity index (χ1v) is 6.22. The third-order valence-electron chi connectivity index (χ3n) is 2.62. The summed E-state index contributed by atoms with van der Waals surface area (Å²) in [5.41, 5.74) is -1.20. The zero-order valence-electron chi connectivity index (χ0n) is 11.3. The first kappa shape index (κ1) is 17.9. The van der Waals surface area contributed by atoms with Gasteiger partial charge < -0.3 is 15.7 Å². The Bertz CT molecular complexity index is 517. The molecule has 9 heteroatoms. The van der Waals surface area contributed by atoms with Crippen LogP contribution in [0.2, 0.25) is 0 Å². The molecule has 0 aliphatic carbocycles. The van der Waals surface area contributed by atoms with E-state index in [-0.39, 0.29) is 18.7 Å². The molecule has 1 atom stereocenters. The van der Waals surface area contributed by atoms with Crippen LogP contribution in [-0.2, 0) is 15.8 Å². The molecule has 0 fully saturated rings. The normalized spacial score (nSPS) is 12.6. The Labute approximate surface area is 123 Å². The Morgan fingerprint density at radius 3 is 2.23 bits per heavy atom. The van der Waals surface area contributed by atoms with Gasteiger partial charge in [0.25, 0.3) is 5.91 Å². The van der Waals surface area contributed by atoms with Crippen molar-refractivity contribution >= 4 is 11.8 Å². The lowest BCUT2D eigenvalue weighted by atomic mass is 10.1. The summed E-state index contributed by atoms with van der Waals surface area (Å²) < 4.78 is 50.9. The third-order valence-corrected chi connectivity index (χ3v) is 2.62. The van der Waals surface area contributed by atoms with Crippen LogP contribution in [0.5, 0.6) is 0 Å². The number of carbonyl (C=O) groups excluding carboxylic acids is 2.